The lowest BCUT2D eigenvalue weighted by molar-refractivity contribution is -0.0553. The molecule has 0 bridgehead atoms. The number of allylic oxidation sites excluding steroid dienone is 8. The molecule has 5 aliphatic rings. The third kappa shape index (κ3) is 9.23. The summed E-state index contributed by atoms with van der Waals surface area (Å²) in [7, 11) is 0. The second-order valence-corrected chi connectivity index (χ2v) is 20.5. The summed E-state index contributed by atoms with van der Waals surface area (Å²) in [5, 5.41) is 10.0. The van der Waals surface area contributed by atoms with E-state index in [2.05, 4.69) is 93.5 Å². The minimum atomic E-state index is 0.104. The predicted octanol–water partition coefficient (Wildman–Crippen LogP) is 15.4. The third-order valence-corrected chi connectivity index (χ3v) is 16.3. The smallest absolute Gasteiger partial charge is 0.0656 e. The number of fused-ring (bicyclic) bond motifs is 5. The highest BCUT2D eigenvalue weighted by Crippen LogP contribution is 2.68. The van der Waals surface area contributed by atoms with E-state index in [1.54, 1.807) is 11.1 Å². The van der Waals surface area contributed by atoms with Crippen molar-refractivity contribution in [3.8, 4) is 6.07 Å². The van der Waals surface area contributed by atoms with E-state index in [4.69, 9.17) is 0 Å². The van der Waals surface area contributed by atoms with Crippen LogP contribution in [0.4, 0.5) is 0 Å². The van der Waals surface area contributed by atoms with Gasteiger partial charge < -0.3 is 0 Å². The Hall–Kier alpha value is -1.55. The molecule has 0 aromatic carbocycles. The van der Waals surface area contributed by atoms with Crippen molar-refractivity contribution in [2.24, 2.45) is 70.0 Å². The molecule has 6 unspecified atom stereocenters. The van der Waals surface area contributed by atoms with Crippen molar-refractivity contribution in [2.45, 2.75) is 191 Å². The van der Waals surface area contributed by atoms with Crippen LogP contribution in [0.5, 0.6) is 0 Å². The van der Waals surface area contributed by atoms with Crippen LogP contribution in [0.1, 0.15) is 191 Å². The monoisotopic (exact) mass is 696 g/mol. The average Bonchev–Trinajstić information content (AvgIpc) is 3.42. The Morgan fingerprint density at radius 2 is 1.61 bits per heavy atom. The van der Waals surface area contributed by atoms with E-state index in [0.717, 1.165) is 73.0 Å². The summed E-state index contributed by atoms with van der Waals surface area (Å²) in [6.45, 7) is 24.3. The van der Waals surface area contributed by atoms with Gasteiger partial charge in [-0.1, -0.05) is 106 Å². The Bertz CT molecular complexity index is 1320. The van der Waals surface area contributed by atoms with Crippen molar-refractivity contribution < 1.29 is 0 Å². The highest BCUT2D eigenvalue weighted by molar-refractivity contribution is 5.28. The number of rotatable bonds is 16. The second kappa shape index (κ2) is 17.7. The van der Waals surface area contributed by atoms with Gasteiger partial charge >= 0.3 is 0 Å². The number of hydrogen-bond donors (Lipinski definition) is 0. The van der Waals surface area contributed by atoms with E-state index in [-0.39, 0.29) is 5.92 Å². The van der Waals surface area contributed by atoms with Gasteiger partial charge in [-0.05, 0) is 195 Å². The molecule has 4 saturated carbocycles. The molecule has 4 fully saturated rings. The van der Waals surface area contributed by atoms with Crippen LogP contribution < -0.4 is 0 Å². The summed E-state index contributed by atoms with van der Waals surface area (Å²) in [5.74, 6) is 7.82. The molecule has 5 aliphatic carbocycles. The molecule has 0 saturated heterocycles. The van der Waals surface area contributed by atoms with Crippen LogP contribution in [-0.4, -0.2) is 0 Å². The number of hydrogen-bond acceptors (Lipinski definition) is 1. The zero-order valence-corrected chi connectivity index (χ0v) is 35.4. The zero-order valence-electron chi connectivity index (χ0n) is 35.4. The molecule has 0 aliphatic heterocycles. The Morgan fingerprint density at radius 3 is 2.27 bits per heavy atom. The molecule has 51 heavy (non-hydrogen) atoms. The molecule has 0 spiro atoms. The Labute approximate surface area is 317 Å². The molecule has 5 rings (SSSR count). The van der Waals surface area contributed by atoms with Crippen LogP contribution in [0.15, 0.2) is 46.1 Å². The predicted molar refractivity (Wildman–Crippen MR) is 221 cm³/mol. The lowest BCUT2D eigenvalue weighted by Crippen LogP contribution is -2.51. The van der Waals surface area contributed by atoms with Crippen LogP contribution in [-0.2, 0) is 0 Å². The summed E-state index contributed by atoms with van der Waals surface area (Å²) >= 11 is 0. The van der Waals surface area contributed by atoms with Crippen LogP contribution in [0.25, 0.3) is 0 Å². The van der Waals surface area contributed by atoms with E-state index >= 15 is 0 Å². The highest BCUT2D eigenvalue weighted by Gasteiger charge is 2.59. The summed E-state index contributed by atoms with van der Waals surface area (Å²) in [5.41, 5.74) is 9.13. The van der Waals surface area contributed by atoms with Gasteiger partial charge in [0.25, 0.3) is 0 Å². The molecule has 0 heterocycles. The number of nitriles is 1. The highest BCUT2D eigenvalue weighted by atomic mass is 14.6. The van der Waals surface area contributed by atoms with Gasteiger partial charge in [-0.3, -0.25) is 0 Å². The SMILES string of the molecule is CC(C)=CCCC(C)=CCCC(C)=C(CC(C)C#N)C(C1CCC1)C1CC[C@@]2(C)C(=CCC3C2CC[C@@]2(C)C3CC[C@@H]2[C@H](C)CCCC(C)C)C1. The molecule has 0 amide bonds. The normalized spacial score (nSPS) is 34.6. The molecule has 0 N–H and O–H groups in total. The molecule has 0 radical (unpaired) electrons. The molecular weight excluding hydrogens is 615 g/mol. The Morgan fingerprint density at radius 1 is 0.863 bits per heavy atom. The van der Waals surface area contributed by atoms with E-state index in [9.17, 15) is 5.26 Å². The maximum absolute atomic E-state index is 10.0. The van der Waals surface area contributed by atoms with E-state index < -0.39 is 0 Å². The topological polar surface area (TPSA) is 23.8 Å². The van der Waals surface area contributed by atoms with Crippen molar-refractivity contribution in [3.63, 3.8) is 0 Å². The maximum Gasteiger partial charge on any atom is 0.0656 e. The van der Waals surface area contributed by atoms with Gasteiger partial charge in [-0.25, -0.2) is 0 Å². The van der Waals surface area contributed by atoms with Crippen LogP contribution in [0, 0.1) is 81.3 Å². The lowest BCUT2D eigenvalue weighted by Gasteiger charge is -2.59. The van der Waals surface area contributed by atoms with E-state index in [1.165, 1.54) is 107 Å². The fraction of sp³-hybridized carbons (Fsp3) is 0.820. The van der Waals surface area contributed by atoms with Gasteiger partial charge in [0.2, 0.25) is 0 Å². The Kier molecular flexibility index (Phi) is 14.1. The van der Waals surface area contributed by atoms with E-state index in [0.29, 0.717) is 16.7 Å². The van der Waals surface area contributed by atoms with Crippen molar-refractivity contribution >= 4 is 0 Å². The van der Waals surface area contributed by atoms with Gasteiger partial charge in [0.15, 0.2) is 0 Å². The number of nitrogens with zero attached hydrogens (tertiary/aromatic N) is 1. The molecule has 286 valence electrons. The van der Waals surface area contributed by atoms with Crippen molar-refractivity contribution in [3.05, 3.63) is 46.1 Å². The fourth-order valence-corrected chi connectivity index (χ4v) is 13.1. The lowest BCUT2D eigenvalue weighted by atomic mass is 9.45. The van der Waals surface area contributed by atoms with Gasteiger partial charge in [-0.2, -0.15) is 5.26 Å². The van der Waals surface area contributed by atoms with Crippen molar-refractivity contribution in [1.82, 2.24) is 0 Å². The fourth-order valence-electron chi connectivity index (χ4n) is 13.1. The Balaban J connectivity index is 1.32. The van der Waals surface area contributed by atoms with E-state index in [1.807, 2.05) is 5.57 Å². The summed E-state index contributed by atoms with van der Waals surface area (Å²) in [4.78, 5) is 0. The maximum atomic E-state index is 10.0. The molecule has 10 atom stereocenters. The first-order valence-electron chi connectivity index (χ1n) is 22.3. The summed E-state index contributed by atoms with van der Waals surface area (Å²) in [6, 6.07) is 2.65. The van der Waals surface area contributed by atoms with Gasteiger partial charge in [0, 0.05) is 5.92 Å². The minimum Gasteiger partial charge on any atom is -0.198 e. The third-order valence-electron chi connectivity index (χ3n) is 16.3. The minimum absolute atomic E-state index is 0.104. The van der Waals surface area contributed by atoms with Crippen LogP contribution >= 0.6 is 0 Å². The first-order valence-corrected chi connectivity index (χ1v) is 22.3. The molecule has 1 heteroatoms. The molecule has 0 aromatic rings. The second-order valence-electron chi connectivity index (χ2n) is 20.5. The molecular formula is C50H81N. The zero-order chi connectivity index (χ0) is 36.9. The molecule has 1 nitrogen and oxygen atoms in total. The first-order chi connectivity index (χ1) is 24.3. The van der Waals surface area contributed by atoms with Gasteiger partial charge in [0.05, 0.1) is 6.07 Å². The van der Waals surface area contributed by atoms with Crippen LogP contribution in [0.2, 0.25) is 0 Å². The average molecular weight is 696 g/mol. The van der Waals surface area contributed by atoms with Crippen molar-refractivity contribution in [1.29, 1.82) is 5.26 Å². The largest absolute Gasteiger partial charge is 0.198 e. The van der Waals surface area contributed by atoms with Gasteiger partial charge in [0.1, 0.15) is 0 Å². The summed E-state index contributed by atoms with van der Waals surface area (Å²) < 4.78 is 0. The first kappa shape index (κ1) is 40.6. The molecule has 0 aromatic heterocycles. The van der Waals surface area contributed by atoms with Crippen molar-refractivity contribution in [2.75, 3.05) is 0 Å². The van der Waals surface area contributed by atoms with Gasteiger partial charge in [-0.15, -0.1) is 0 Å². The quantitative estimate of drug-likeness (QED) is 0.147. The summed E-state index contributed by atoms with van der Waals surface area (Å²) in [6.07, 6.45) is 33.3. The van der Waals surface area contributed by atoms with Crippen LogP contribution in [0.3, 0.4) is 0 Å². The standard InChI is InChI=1S/C50H81N/c1-34(2)15-11-17-36(5)18-13-19-38(7)44(31-37(6)33-51)48(40-21-14-22-40)41-27-29-49(9)42(32-41)23-24-43-46-26-25-45(39(8)20-12-16-35(3)4)50(46,10)30-28-47(43)49/h15,18,23,35,37,39-41,43,45-48H,11-14,16-17,19-22,24-32H2,1-10H3/t37?,39-,41?,43?,45-,46?,47?,48?,49+,50-/m1/s1.